The topological polar surface area (TPSA) is 28.7 Å². The van der Waals surface area contributed by atoms with Crippen LogP contribution in [0.5, 0.6) is 0 Å². The van der Waals surface area contributed by atoms with Crippen molar-refractivity contribution < 1.29 is 13.2 Å². The first-order valence-electron chi connectivity index (χ1n) is 6.59. The predicted molar refractivity (Wildman–Crippen MR) is 78.6 cm³/mol. The maximum atomic E-state index is 12.7. The number of benzene rings is 1. The van der Waals surface area contributed by atoms with Gasteiger partial charge in [-0.3, -0.25) is 0 Å². The van der Waals surface area contributed by atoms with Crippen molar-refractivity contribution in [3.63, 3.8) is 0 Å². The Balaban J connectivity index is 2.58. The van der Waals surface area contributed by atoms with Crippen molar-refractivity contribution in [2.75, 3.05) is 0 Å². The number of nitrogens with one attached hydrogen (secondary N) is 1. The summed E-state index contributed by atoms with van der Waals surface area (Å²) in [5.74, 6) is 0. The Morgan fingerprint density at radius 2 is 2.00 bits per heavy atom. The molecule has 0 fully saturated rings. The summed E-state index contributed by atoms with van der Waals surface area (Å²) in [6.07, 6.45) is -1.23. The van der Waals surface area contributed by atoms with Crippen molar-refractivity contribution in [1.29, 1.82) is 0 Å². The molecule has 2 rings (SSSR count). The van der Waals surface area contributed by atoms with Gasteiger partial charge < -0.3 is 4.98 Å². The number of H-pyrrole nitrogens is 1. The fraction of sp³-hybridized carbons (Fsp3) is 0.333. The van der Waals surface area contributed by atoms with Crippen LogP contribution in [0.3, 0.4) is 0 Å². The molecule has 0 amide bonds. The summed E-state index contributed by atoms with van der Waals surface area (Å²) in [5.41, 5.74) is 2.26. The van der Waals surface area contributed by atoms with Gasteiger partial charge in [-0.05, 0) is 31.0 Å². The first-order chi connectivity index (χ1) is 9.84. The van der Waals surface area contributed by atoms with E-state index in [9.17, 15) is 13.2 Å². The van der Waals surface area contributed by atoms with Crippen LogP contribution >= 0.6 is 12.2 Å². The average molecular weight is 312 g/mol. The second-order valence-electron chi connectivity index (χ2n) is 4.84. The number of aromatic nitrogens is 2. The van der Waals surface area contributed by atoms with Gasteiger partial charge in [0.2, 0.25) is 0 Å². The third-order valence-electron chi connectivity index (χ3n) is 3.27. The number of rotatable bonds is 3. The molecule has 6 heteroatoms. The van der Waals surface area contributed by atoms with Crippen LogP contribution in [-0.2, 0) is 12.6 Å². The van der Waals surface area contributed by atoms with Crippen LogP contribution in [0.25, 0.3) is 11.3 Å². The zero-order valence-electron chi connectivity index (χ0n) is 11.7. The number of halogens is 3. The lowest BCUT2D eigenvalue weighted by Gasteiger charge is -2.14. The highest BCUT2D eigenvalue weighted by Gasteiger charge is 2.30. The highest BCUT2D eigenvalue weighted by Crippen LogP contribution is 2.33. The molecule has 0 aliphatic rings. The summed E-state index contributed by atoms with van der Waals surface area (Å²) in [5, 5.41) is 0. The molecule has 2 nitrogen and oxygen atoms in total. The highest BCUT2D eigenvalue weighted by molar-refractivity contribution is 7.71. The average Bonchev–Trinajstić information content (AvgIpc) is 2.40. The van der Waals surface area contributed by atoms with E-state index in [1.807, 2.05) is 6.92 Å². The Kier molecular flexibility index (Phi) is 4.46. The minimum atomic E-state index is -4.33. The van der Waals surface area contributed by atoms with Crippen molar-refractivity contribution >= 4 is 12.2 Å². The first-order valence-corrected chi connectivity index (χ1v) is 7.00. The second-order valence-corrected chi connectivity index (χ2v) is 5.23. The molecule has 1 aromatic carbocycles. The summed E-state index contributed by atoms with van der Waals surface area (Å²) in [7, 11) is 0. The maximum Gasteiger partial charge on any atom is 0.416 e. The van der Waals surface area contributed by atoms with Gasteiger partial charge in [0.1, 0.15) is 4.64 Å². The Bertz CT molecular complexity index is 705. The molecule has 1 aromatic heterocycles. The maximum absolute atomic E-state index is 12.7. The van der Waals surface area contributed by atoms with E-state index in [0.29, 0.717) is 10.2 Å². The smallest absolute Gasteiger partial charge is 0.346 e. The van der Waals surface area contributed by atoms with Gasteiger partial charge in [0, 0.05) is 11.1 Å². The van der Waals surface area contributed by atoms with Crippen molar-refractivity contribution in [2.45, 2.75) is 32.9 Å². The Morgan fingerprint density at radius 1 is 1.29 bits per heavy atom. The van der Waals surface area contributed by atoms with Crippen LogP contribution in [0, 0.1) is 11.6 Å². The van der Waals surface area contributed by atoms with E-state index < -0.39 is 11.7 Å². The fourth-order valence-electron chi connectivity index (χ4n) is 2.27. The van der Waals surface area contributed by atoms with E-state index in [0.717, 1.165) is 41.8 Å². The van der Waals surface area contributed by atoms with E-state index in [1.165, 1.54) is 12.4 Å². The van der Waals surface area contributed by atoms with Crippen LogP contribution in [-0.4, -0.2) is 9.97 Å². The SMILES string of the molecule is CCCc1c(-c2ccc(C(F)(F)F)cc2C)[nH]cnc1=S. The van der Waals surface area contributed by atoms with E-state index in [2.05, 4.69) is 9.97 Å². The third kappa shape index (κ3) is 3.32. The fourth-order valence-corrected chi connectivity index (χ4v) is 2.53. The molecule has 0 atom stereocenters. The van der Waals surface area contributed by atoms with Gasteiger partial charge in [-0.1, -0.05) is 31.6 Å². The minimum absolute atomic E-state index is 0.491. The minimum Gasteiger partial charge on any atom is -0.346 e. The van der Waals surface area contributed by atoms with E-state index in [1.54, 1.807) is 6.92 Å². The van der Waals surface area contributed by atoms with Gasteiger partial charge >= 0.3 is 6.18 Å². The summed E-state index contributed by atoms with van der Waals surface area (Å²) in [6.45, 7) is 3.68. The Labute approximate surface area is 126 Å². The van der Waals surface area contributed by atoms with Crippen LogP contribution in [0.1, 0.15) is 30.0 Å². The summed E-state index contributed by atoms with van der Waals surface area (Å²) < 4.78 is 38.7. The third-order valence-corrected chi connectivity index (χ3v) is 3.63. The van der Waals surface area contributed by atoms with Crippen LogP contribution < -0.4 is 0 Å². The molecule has 0 saturated heterocycles. The van der Waals surface area contributed by atoms with Gasteiger partial charge in [0.05, 0.1) is 17.6 Å². The zero-order valence-corrected chi connectivity index (χ0v) is 12.5. The molecule has 112 valence electrons. The molecule has 2 aromatic rings. The van der Waals surface area contributed by atoms with Gasteiger partial charge in [-0.2, -0.15) is 13.2 Å². The summed E-state index contributed by atoms with van der Waals surface area (Å²) in [6, 6.07) is 3.73. The molecule has 0 radical (unpaired) electrons. The molecule has 1 N–H and O–H groups in total. The molecular formula is C15H15F3N2S. The summed E-state index contributed by atoms with van der Waals surface area (Å²) >= 11 is 5.22. The monoisotopic (exact) mass is 312 g/mol. The van der Waals surface area contributed by atoms with E-state index >= 15 is 0 Å². The highest BCUT2D eigenvalue weighted by atomic mass is 32.1. The largest absolute Gasteiger partial charge is 0.416 e. The quantitative estimate of drug-likeness (QED) is 0.800. The number of aromatic amines is 1. The molecule has 0 saturated carbocycles. The molecule has 0 aliphatic carbocycles. The molecule has 0 aliphatic heterocycles. The molecule has 0 bridgehead atoms. The standard InChI is InChI=1S/C15H15F3N2S/c1-3-4-12-13(19-8-20-14(12)21)11-6-5-10(7-9(11)2)15(16,17)18/h5-8H,3-4H2,1-2H3,(H,19,20,21). The van der Waals surface area contributed by atoms with Gasteiger partial charge in [-0.15, -0.1) is 0 Å². The lowest BCUT2D eigenvalue weighted by molar-refractivity contribution is -0.137. The lowest BCUT2D eigenvalue weighted by atomic mass is 9.98. The number of nitrogens with zero attached hydrogens (tertiary/aromatic N) is 1. The molecule has 21 heavy (non-hydrogen) atoms. The second kappa shape index (κ2) is 5.97. The first kappa shape index (κ1) is 15.7. The van der Waals surface area contributed by atoms with Gasteiger partial charge in [0.15, 0.2) is 0 Å². The van der Waals surface area contributed by atoms with Crippen molar-refractivity contribution in [3.05, 3.63) is 45.9 Å². The predicted octanol–water partition coefficient (Wildman–Crippen LogP) is 5.09. The van der Waals surface area contributed by atoms with Crippen molar-refractivity contribution in [2.24, 2.45) is 0 Å². The molecular weight excluding hydrogens is 297 g/mol. The van der Waals surface area contributed by atoms with Crippen LogP contribution in [0.2, 0.25) is 0 Å². The summed E-state index contributed by atoms with van der Waals surface area (Å²) in [4.78, 5) is 7.07. The number of alkyl halides is 3. The van der Waals surface area contributed by atoms with Crippen LogP contribution in [0.4, 0.5) is 13.2 Å². The normalized spacial score (nSPS) is 11.7. The Hall–Kier alpha value is -1.69. The number of aryl methyl sites for hydroxylation is 1. The molecule has 1 heterocycles. The van der Waals surface area contributed by atoms with Gasteiger partial charge in [-0.25, -0.2) is 4.98 Å². The van der Waals surface area contributed by atoms with Crippen LogP contribution in [0.15, 0.2) is 24.5 Å². The lowest BCUT2D eigenvalue weighted by Crippen LogP contribution is -2.06. The van der Waals surface area contributed by atoms with E-state index in [-0.39, 0.29) is 0 Å². The van der Waals surface area contributed by atoms with Crippen molar-refractivity contribution in [3.8, 4) is 11.3 Å². The molecule has 0 spiro atoms. The van der Waals surface area contributed by atoms with E-state index in [4.69, 9.17) is 12.2 Å². The van der Waals surface area contributed by atoms with Crippen molar-refractivity contribution in [1.82, 2.24) is 9.97 Å². The Morgan fingerprint density at radius 3 is 2.57 bits per heavy atom. The van der Waals surface area contributed by atoms with Gasteiger partial charge in [0.25, 0.3) is 0 Å². The zero-order chi connectivity index (χ0) is 15.6. The number of hydrogen-bond acceptors (Lipinski definition) is 2. The molecule has 0 unspecified atom stereocenters. The number of hydrogen-bond donors (Lipinski definition) is 1.